The summed E-state index contributed by atoms with van der Waals surface area (Å²) in [7, 11) is 0. The van der Waals surface area contributed by atoms with Crippen molar-refractivity contribution in [3.8, 4) is 5.75 Å². The zero-order valence-corrected chi connectivity index (χ0v) is 16.6. The van der Waals surface area contributed by atoms with Crippen molar-refractivity contribution in [1.82, 2.24) is 4.98 Å². The molecule has 0 aliphatic heterocycles. The predicted octanol–water partition coefficient (Wildman–Crippen LogP) is 4.74. The fraction of sp³-hybridized carbons (Fsp3) is 0.250. The van der Waals surface area contributed by atoms with Gasteiger partial charge in [-0.05, 0) is 57.0 Å². The lowest BCUT2D eigenvalue weighted by Crippen LogP contribution is -2.21. The van der Waals surface area contributed by atoms with Gasteiger partial charge in [0.1, 0.15) is 5.75 Å². The van der Waals surface area contributed by atoms with Crippen LogP contribution in [0.25, 0.3) is 10.2 Å². The summed E-state index contributed by atoms with van der Waals surface area (Å²) in [6.07, 6.45) is 0. The largest absolute Gasteiger partial charge is 0.484 e. The topological polar surface area (TPSA) is 75.6 Å². The summed E-state index contributed by atoms with van der Waals surface area (Å²) in [4.78, 5) is 16.9. The highest BCUT2D eigenvalue weighted by atomic mass is 32.1. The predicted molar refractivity (Wildman–Crippen MR) is 112 cm³/mol. The molecule has 3 rings (SSSR count). The van der Waals surface area contributed by atoms with Gasteiger partial charge in [0.05, 0.1) is 10.2 Å². The number of nitrogens with one attached hydrogen (secondary N) is 2. The van der Waals surface area contributed by atoms with Gasteiger partial charge in [-0.2, -0.15) is 5.10 Å². The molecule has 0 aliphatic rings. The molecule has 27 heavy (non-hydrogen) atoms. The lowest BCUT2D eigenvalue weighted by atomic mass is 10.1. The van der Waals surface area contributed by atoms with Crippen molar-refractivity contribution >= 4 is 44.0 Å². The summed E-state index contributed by atoms with van der Waals surface area (Å²) < 4.78 is 6.54. The Kier molecular flexibility index (Phi) is 5.71. The van der Waals surface area contributed by atoms with E-state index in [9.17, 15) is 4.79 Å². The molecule has 0 unspecified atom stereocenters. The monoisotopic (exact) mass is 382 g/mol. The molecule has 0 radical (unpaired) electrons. The molecular weight excluding hydrogens is 360 g/mol. The van der Waals surface area contributed by atoms with Crippen molar-refractivity contribution in [3.05, 3.63) is 47.5 Å². The highest BCUT2D eigenvalue weighted by Gasteiger charge is 2.15. The van der Waals surface area contributed by atoms with Gasteiger partial charge in [0.15, 0.2) is 6.61 Å². The van der Waals surface area contributed by atoms with Crippen LogP contribution in [0.3, 0.4) is 0 Å². The Morgan fingerprint density at radius 1 is 1.22 bits per heavy atom. The number of ether oxygens (including phenoxy) is 1. The van der Waals surface area contributed by atoms with Crippen molar-refractivity contribution < 1.29 is 9.53 Å². The van der Waals surface area contributed by atoms with Gasteiger partial charge in [-0.3, -0.25) is 10.2 Å². The Balaban J connectivity index is 1.77. The number of hydrogen-bond acceptors (Lipinski definition) is 6. The first-order valence-electron chi connectivity index (χ1n) is 8.59. The Labute approximate surface area is 162 Å². The van der Waals surface area contributed by atoms with Crippen LogP contribution in [0.5, 0.6) is 5.75 Å². The van der Waals surface area contributed by atoms with Crippen LogP contribution in [-0.4, -0.2) is 23.2 Å². The van der Waals surface area contributed by atoms with Crippen LogP contribution in [0.1, 0.15) is 25.0 Å². The summed E-state index contributed by atoms with van der Waals surface area (Å²) in [5.41, 5.74) is 7.53. The van der Waals surface area contributed by atoms with E-state index in [-0.39, 0.29) is 12.5 Å². The molecule has 6 nitrogen and oxygen atoms in total. The van der Waals surface area contributed by atoms with Crippen LogP contribution in [0.15, 0.2) is 41.5 Å². The number of carbonyl (C=O) groups is 1. The van der Waals surface area contributed by atoms with Gasteiger partial charge in [-0.1, -0.05) is 29.5 Å². The quantitative estimate of drug-likeness (QED) is 0.477. The molecule has 0 saturated carbocycles. The standard InChI is InChI=1S/C20H22N4O2S/c1-12(2)23-24-20-21-16-10-13(3)18(14(4)19(16)27-20)22-17(25)11-26-15-8-6-5-7-9-15/h5-10H,11H2,1-4H3,(H,21,24)(H,22,25). The second-order valence-electron chi connectivity index (χ2n) is 6.38. The minimum Gasteiger partial charge on any atom is -0.484 e. The van der Waals surface area contributed by atoms with Crippen molar-refractivity contribution in [2.45, 2.75) is 27.7 Å². The lowest BCUT2D eigenvalue weighted by Gasteiger charge is -2.13. The molecule has 0 bridgehead atoms. The highest BCUT2D eigenvalue weighted by Crippen LogP contribution is 2.35. The normalized spacial score (nSPS) is 10.5. The number of hydrogen-bond donors (Lipinski definition) is 2. The number of nitrogens with zero attached hydrogens (tertiary/aromatic N) is 2. The number of para-hydroxylation sites is 1. The molecule has 0 fully saturated rings. The zero-order chi connectivity index (χ0) is 19.4. The maximum atomic E-state index is 12.3. The van der Waals surface area contributed by atoms with Crippen molar-refractivity contribution in [1.29, 1.82) is 0 Å². The molecule has 1 heterocycles. The summed E-state index contributed by atoms with van der Waals surface area (Å²) in [6.45, 7) is 7.74. The Morgan fingerprint density at radius 3 is 2.67 bits per heavy atom. The Bertz CT molecular complexity index is 992. The van der Waals surface area contributed by atoms with Gasteiger partial charge in [-0.15, -0.1) is 0 Å². The Morgan fingerprint density at radius 2 is 1.96 bits per heavy atom. The van der Waals surface area contributed by atoms with Crippen LogP contribution < -0.4 is 15.5 Å². The summed E-state index contributed by atoms with van der Waals surface area (Å²) in [6, 6.07) is 11.3. The van der Waals surface area contributed by atoms with E-state index >= 15 is 0 Å². The number of aromatic nitrogens is 1. The second kappa shape index (κ2) is 8.18. The number of aryl methyl sites for hydroxylation is 2. The molecule has 1 amide bonds. The van der Waals surface area contributed by atoms with Crippen LogP contribution in [-0.2, 0) is 4.79 Å². The molecule has 0 spiro atoms. The molecule has 1 aromatic heterocycles. The molecule has 0 saturated heterocycles. The molecular formula is C20H22N4O2S. The van der Waals surface area contributed by atoms with E-state index in [4.69, 9.17) is 4.74 Å². The SMILES string of the molecule is CC(C)=NNc1nc2cc(C)c(NC(=O)COc3ccccc3)c(C)c2s1. The smallest absolute Gasteiger partial charge is 0.262 e. The van der Waals surface area contributed by atoms with Crippen LogP contribution >= 0.6 is 11.3 Å². The van der Waals surface area contributed by atoms with E-state index in [1.807, 2.05) is 64.1 Å². The van der Waals surface area contributed by atoms with E-state index in [0.717, 1.165) is 37.9 Å². The van der Waals surface area contributed by atoms with E-state index in [1.165, 1.54) is 11.3 Å². The van der Waals surface area contributed by atoms with Gasteiger partial charge >= 0.3 is 0 Å². The van der Waals surface area contributed by atoms with Crippen molar-refractivity contribution in [2.24, 2.45) is 5.10 Å². The van der Waals surface area contributed by atoms with E-state index in [1.54, 1.807) is 0 Å². The van der Waals surface area contributed by atoms with Crippen LogP contribution in [0.2, 0.25) is 0 Å². The van der Waals surface area contributed by atoms with Crippen molar-refractivity contribution in [2.75, 3.05) is 17.3 Å². The fourth-order valence-electron chi connectivity index (χ4n) is 2.63. The average Bonchev–Trinajstić information content (AvgIpc) is 3.05. The highest BCUT2D eigenvalue weighted by molar-refractivity contribution is 7.22. The third-order valence-electron chi connectivity index (χ3n) is 3.87. The first-order chi connectivity index (χ1) is 12.9. The van der Waals surface area contributed by atoms with E-state index in [2.05, 4.69) is 20.8 Å². The number of hydrazone groups is 1. The minimum atomic E-state index is -0.196. The van der Waals surface area contributed by atoms with Gasteiger partial charge in [0.25, 0.3) is 5.91 Å². The van der Waals surface area contributed by atoms with E-state index < -0.39 is 0 Å². The lowest BCUT2D eigenvalue weighted by molar-refractivity contribution is -0.118. The number of carbonyl (C=O) groups excluding carboxylic acids is 1. The molecule has 3 aromatic rings. The van der Waals surface area contributed by atoms with Gasteiger partial charge in [-0.25, -0.2) is 4.98 Å². The maximum Gasteiger partial charge on any atom is 0.262 e. The molecule has 0 aliphatic carbocycles. The number of rotatable bonds is 6. The maximum absolute atomic E-state index is 12.3. The number of amides is 1. The number of thiazole rings is 1. The van der Waals surface area contributed by atoms with Crippen molar-refractivity contribution in [3.63, 3.8) is 0 Å². The average molecular weight is 382 g/mol. The minimum absolute atomic E-state index is 0.0408. The molecule has 0 atom stereocenters. The number of fused-ring (bicyclic) bond motifs is 1. The molecule has 140 valence electrons. The summed E-state index contributed by atoms with van der Waals surface area (Å²) in [5.74, 6) is 0.472. The summed E-state index contributed by atoms with van der Waals surface area (Å²) >= 11 is 1.51. The fourth-order valence-corrected chi connectivity index (χ4v) is 3.52. The molecule has 7 heteroatoms. The second-order valence-corrected chi connectivity index (χ2v) is 7.38. The third-order valence-corrected chi connectivity index (χ3v) is 4.96. The number of benzene rings is 2. The van der Waals surface area contributed by atoms with Crippen LogP contribution in [0.4, 0.5) is 10.8 Å². The molecule has 2 aromatic carbocycles. The van der Waals surface area contributed by atoms with E-state index in [0.29, 0.717) is 5.75 Å². The Hall–Kier alpha value is -2.93. The first kappa shape index (κ1) is 18.8. The number of anilines is 2. The summed E-state index contributed by atoms with van der Waals surface area (Å²) in [5, 5.41) is 7.89. The third kappa shape index (κ3) is 4.62. The molecule has 2 N–H and O–H groups in total. The van der Waals surface area contributed by atoms with Gasteiger partial charge in [0, 0.05) is 11.4 Å². The zero-order valence-electron chi connectivity index (χ0n) is 15.8. The first-order valence-corrected chi connectivity index (χ1v) is 9.41. The van der Waals surface area contributed by atoms with Gasteiger partial charge < -0.3 is 10.1 Å². The van der Waals surface area contributed by atoms with Gasteiger partial charge in [0.2, 0.25) is 5.13 Å². The van der Waals surface area contributed by atoms with Crippen LogP contribution in [0, 0.1) is 13.8 Å².